The van der Waals surface area contributed by atoms with Gasteiger partial charge in [0.1, 0.15) is 6.10 Å². The largest absolute Gasteiger partial charge is 0.383 e. The molecule has 1 atom stereocenters. The van der Waals surface area contributed by atoms with Crippen LogP contribution in [0.5, 0.6) is 0 Å². The van der Waals surface area contributed by atoms with E-state index in [4.69, 9.17) is 14.2 Å². The average molecular weight is 219 g/mol. The van der Waals surface area contributed by atoms with E-state index in [0.717, 1.165) is 0 Å². The lowest BCUT2D eigenvalue weighted by Crippen LogP contribution is -2.42. The monoisotopic (exact) mass is 219 g/mol. The molecule has 15 heavy (non-hydrogen) atoms. The van der Waals surface area contributed by atoms with Gasteiger partial charge in [0.25, 0.3) is 5.91 Å². The number of nitrogens with zero attached hydrogens (tertiary/aromatic N) is 1. The highest BCUT2D eigenvalue weighted by Gasteiger charge is 2.19. The van der Waals surface area contributed by atoms with Crippen LogP contribution in [0.3, 0.4) is 0 Å². The molecule has 5 heteroatoms. The van der Waals surface area contributed by atoms with E-state index in [-0.39, 0.29) is 5.91 Å². The molecule has 0 aromatic heterocycles. The van der Waals surface area contributed by atoms with Gasteiger partial charge >= 0.3 is 0 Å². The van der Waals surface area contributed by atoms with Crippen LogP contribution in [0.25, 0.3) is 0 Å². The van der Waals surface area contributed by atoms with E-state index in [2.05, 4.69) is 0 Å². The van der Waals surface area contributed by atoms with Crippen molar-refractivity contribution in [3.8, 4) is 0 Å². The first kappa shape index (κ1) is 14.3. The van der Waals surface area contributed by atoms with Gasteiger partial charge in [-0.3, -0.25) is 4.79 Å². The second-order valence-corrected chi connectivity index (χ2v) is 3.19. The summed E-state index contributed by atoms with van der Waals surface area (Å²) in [6, 6.07) is 0. The van der Waals surface area contributed by atoms with Crippen LogP contribution in [-0.4, -0.2) is 64.5 Å². The normalized spacial score (nSPS) is 12.5. The zero-order chi connectivity index (χ0) is 11.7. The maximum absolute atomic E-state index is 11.8. The molecule has 0 heterocycles. The van der Waals surface area contributed by atoms with Crippen molar-refractivity contribution in [2.24, 2.45) is 0 Å². The highest BCUT2D eigenvalue weighted by atomic mass is 16.5. The zero-order valence-corrected chi connectivity index (χ0v) is 9.99. The van der Waals surface area contributed by atoms with Gasteiger partial charge in [-0.2, -0.15) is 0 Å². The molecule has 0 bridgehead atoms. The topological polar surface area (TPSA) is 48.0 Å². The molecule has 0 fully saturated rings. The zero-order valence-electron chi connectivity index (χ0n) is 9.99. The molecule has 0 aromatic rings. The van der Waals surface area contributed by atoms with E-state index in [9.17, 15) is 4.79 Å². The van der Waals surface area contributed by atoms with Crippen LogP contribution in [0.15, 0.2) is 0 Å². The van der Waals surface area contributed by atoms with Crippen molar-refractivity contribution >= 4 is 5.91 Å². The Bertz CT molecular complexity index is 167. The van der Waals surface area contributed by atoms with Crippen LogP contribution in [-0.2, 0) is 19.0 Å². The van der Waals surface area contributed by atoms with E-state index < -0.39 is 6.10 Å². The van der Waals surface area contributed by atoms with E-state index in [1.165, 1.54) is 7.11 Å². The minimum atomic E-state index is -0.418. The Hall–Kier alpha value is -0.650. The maximum atomic E-state index is 11.8. The summed E-state index contributed by atoms with van der Waals surface area (Å²) in [4.78, 5) is 13.5. The molecule has 0 aliphatic rings. The standard InChI is InChI=1S/C10H21NO4/c1-9(15-4)10(12)11(5-7-13-2)6-8-14-3/h9H,5-8H2,1-4H3. The highest BCUT2D eigenvalue weighted by Crippen LogP contribution is 1.98. The summed E-state index contributed by atoms with van der Waals surface area (Å²) in [6.07, 6.45) is -0.418. The van der Waals surface area contributed by atoms with Gasteiger partial charge in [0, 0.05) is 34.4 Å². The Morgan fingerprint density at radius 2 is 1.60 bits per heavy atom. The van der Waals surface area contributed by atoms with Gasteiger partial charge in [0.05, 0.1) is 13.2 Å². The summed E-state index contributed by atoms with van der Waals surface area (Å²) >= 11 is 0. The van der Waals surface area contributed by atoms with Gasteiger partial charge in [-0.15, -0.1) is 0 Å². The lowest BCUT2D eigenvalue weighted by Gasteiger charge is -2.24. The predicted octanol–water partition coefficient (Wildman–Crippen LogP) is 0.143. The summed E-state index contributed by atoms with van der Waals surface area (Å²) in [7, 11) is 4.74. The number of amides is 1. The van der Waals surface area contributed by atoms with Gasteiger partial charge < -0.3 is 19.1 Å². The Morgan fingerprint density at radius 3 is 1.93 bits per heavy atom. The molecule has 0 spiro atoms. The third-order valence-electron chi connectivity index (χ3n) is 2.14. The Labute approximate surface area is 91.3 Å². The number of hydrogen-bond donors (Lipinski definition) is 0. The molecule has 5 nitrogen and oxygen atoms in total. The van der Waals surface area contributed by atoms with Gasteiger partial charge in [0.15, 0.2) is 0 Å². The van der Waals surface area contributed by atoms with Crippen LogP contribution in [0.1, 0.15) is 6.92 Å². The van der Waals surface area contributed by atoms with E-state index in [0.29, 0.717) is 26.3 Å². The van der Waals surface area contributed by atoms with Gasteiger partial charge in [-0.1, -0.05) is 0 Å². The highest BCUT2D eigenvalue weighted by molar-refractivity contribution is 5.80. The fraction of sp³-hybridized carbons (Fsp3) is 0.900. The Morgan fingerprint density at radius 1 is 1.13 bits per heavy atom. The number of hydrogen-bond acceptors (Lipinski definition) is 4. The van der Waals surface area contributed by atoms with Gasteiger partial charge in [0.2, 0.25) is 0 Å². The number of carbonyl (C=O) groups excluding carboxylic acids is 1. The van der Waals surface area contributed by atoms with Crippen LogP contribution < -0.4 is 0 Å². The molecule has 0 aliphatic carbocycles. The second kappa shape index (κ2) is 8.64. The maximum Gasteiger partial charge on any atom is 0.251 e. The van der Waals surface area contributed by atoms with E-state index in [1.807, 2.05) is 0 Å². The lowest BCUT2D eigenvalue weighted by atomic mass is 10.3. The number of ether oxygens (including phenoxy) is 3. The van der Waals surface area contributed by atoms with Crippen LogP contribution >= 0.6 is 0 Å². The molecule has 1 unspecified atom stereocenters. The van der Waals surface area contributed by atoms with Crippen molar-refractivity contribution < 1.29 is 19.0 Å². The number of carbonyl (C=O) groups is 1. The first-order valence-electron chi connectivity index (χ1n) is 4.96. The van der Waals surface area contributed by atoms with Crippen LogP contribution in [0.2, 0.25) is 0 Å². The van der Waals surface area contributed by atoms with Crippen molar-refractivity contribution in [2.75, 3.05) is 47.6 Å². The molecule has 0 saturated heterocycles. The Balaban J connectivity index is 4.13. The minimum Gasteiger partial charge on any atom is -0.383 e. The smallest absolute Gasteiger partial charge is 0.251 e. The summed E-state index contributed by atoms with van der Waals surface area (Å²) in [5.74, 6) is -0.0356. The summed E-state index contributed by atoms with van der Waals surface area (Å²) in [6.45, 7) is 3.89. The molecule has 90 valence electrons. The first-order valence-corrected chi connectivity index (χ1v) is 4.96. The van der Waals surface area contributed by atoms with Gasteiger partial charge in [-0.05, 0) is 6.92 Å². The van der Waals surface area contributed by atoms with E-state index in [1.54, 1.807) is 26.0 Å². The average Bonchev–Trinajstić information content (AvgIpc) is 2.27. The number of rotatable bonds is 8. The molecule has 0 saturated carbocycles. The van der Waals surface area contributed by atoms with Crippen molar-refractivity contribution in [2.45, 2.75) is 13.0 Å². The predicted molar refractivity (Wildman–Crippen MR) is 56.8 cm³/mol. The SMILES string of the molecule is COCCN(CCOC)C(=O)C(C)OC. The second-order valence-electron chi connectivity index (χ2n) is 3.19. The third-order valence-corrected chi connectivity index (χ3v) is 2.14. The van der Waals surface area contributed by atoms with Crippen molar-refractivity contribution in [1.29, 1.82) is 0 Å². The van der Waals surface area contributed by atoms with E-state index >= 15 is 0 Å². The summed E-state index contributed by atoms with van der Waals surface area (Å²) in [5.41, 5.74) is 0. The molecule has 0 aliphatic heterocycles. The molecule has 1 amide bonds. The van der Waals surface area contributed by atoms with Crippen LogP contribution in [0.4, 0.5) is 0 Å². The lowest BCUT2D eigenvalue weighted by molar-refractivity contribution is -0.142. The molecule has 0 aromatic carbocycles. The summed E-state index contributed by atoms with van der Waals surface area (Å²) in [5, 5.41) is 0. The number of methoxy groups -OCH3 is 3. The third kappa shape index (κ3) is 5.71. The fourth-order valence-corrected chi connectivity index (χ4v) is 1.09. The van der Waals surface area contributed by atoms with Crippen LogP contribution in [0, 0.1) is 0 Å². The first-order chi connectivity index (χ1) is 7.17. The summed E-state index contributed by atoms with van der Waals surface area (Å²) < 4.78 is 14.9. The fourth-order valence-electron chi connectivity index (χ4n) is 1.09. The van der Waals surface area contributed by atoms with Crippen molar-refractivity contribution in [3.05, 3.63) is 0 Å². The molecule has 0 rings (SSSR count). The molecule has 0 N–H and O–H groups in total. The quantitative estimate of drug-likeness (QED) is 0.583. The van der Waals surface area contributed by atoms with Crippen molar-refractivity contribution in [1.82, 2.24) is 4.90 Å². The Kier molecular flexibility index (Phi) is 8.27. The van der Waals surface area contributed by atoms with Crippen molar-refractivity contribution in [3.63, 3.8) is 0 Å². The molecular weight excluding hydrogens is 198 g/mol. The molecule has 0 radical (unpaired) electrons. The minimum absolute atomic E-state index is 0.0356. The van der Waals surface area contributed by atoms with Gasteiger partial charge in [-0.25, -0.2) is 0 Å². The molecular formula is C10H21NO4.